The summed E-state index contributed by atoms with van der Waals surface area (Å²) in [6, 6.07) is 6.94. The van der Waals surface area contributed by atoms with Crippen LogP contribution in [0.3, 0.4) is 0 Å². The number of aryl methyl sites for hydroxylation is 1. The van der Waals surface area contributed by atoms with Crippen molar-refractivity contribution < 1.29 is 9.90 Å². The van der Waals surface area contributed by atoms with E-state index < -0.39 is 6.09 Å². The van der Waals surface area contributed by atoms with Gasteiger partial charge in [-0.15, -0.1) is 0 Å². The highest BCUT2D eigenvalue weighted by molar-refractivity contribution is 6.30. The Kier molecular flexibility index (Phi) is 6.16. The summed E-state index contributed by atoms with van der Waals surface area (Å²) in [5, 5.41) is 23.7. The first kappa shape index (κ1) is 19.7. The van der Waals surface area contributed by atoms with Gasteiger partial charge in [-0.05, 0) is 38.0 Å². The molecular formula is C19H21ClN6O2. The van der Waals surface area contributed by atoms with E-state index in [-0.39, 0.29) is 11.7 Å². The highest BCUT2D eigenvalue weighted by Crippen LogP contribution is 2.26. The molecule has 0 saturated heterocycles. The zero-order valence-electron chi connectivity index (χ0n) is 15.4. The second-order valence-electron chi connectivity index (χ2n) is 6.73. The maximum absolute atomic E-state index is 11.7. The Morgan fingerprint density at radius 2 is 2.07 bits per heavy atom. The standard InChI is InChI=1S/C19H21ClN6O2/c1-12-7-13(20)8-18(23-12)24-16-9-14(11-22-17(16)10-21)25-26(19(27)28)15-5-3-2-4-6-15/h7-9,11,15,25H,2-6H2,1H3,(H,23,24)(H,27,28). The van der Waals surface area contributed by atoms with Crippen LogP contribution in [0.1, 0.15) is 43.5 Å². The summed E-state index contributed by atoms with van der Waals surface area (Å²) in [5.41, 5.74) is 4.70. The van der Waals surface area contributed by atoms with Gasteiger partial charge in [0, 0.05) is 10.7 Å². The number of aromatic nitrogens is 2. The molecule has 8 nitrogen and oxygen atoms in total. The lowest BCUT2D eigenvalue weighted by Crippen LogP contribution is -2.44. The first-order valence-corrected chi connectivity index (χ1v) is 9.44. The van der Waals surface area contributed by atoms with Crippen LogP contribution in [0, 0.1) is 18.3 Å². The zero-order valence-corrected chi connectivity index (χ0v) is 16.2. The number of hydrazine groups is 1. The largest absolute Gasteiger partial charge is 0.464 e. The molecule has 1 fully saturated rings. The van der Waals surface area contributed by atoms with Crippen molar-refractivity contribution in [3.63, 3.8) is 0 Å². The fourth-order valence-corrected chi connectivity index (χ4v) is 3.57. The summed E-state index contributed by atoms with van der Waals surface area (Å²) in [5.74, 6) is 0.475. The molecule has 2 heterocycles. The van der Waals surface area contributed by atoms with Gasteiger partial charge in [0.05, 0.1) is 23.6 Å². The molecule has 3 N–H and O–H groups in total. The number of nitrogens with one attached hydrogen (secondary N) is 2. The summed E-state index contributed by atoms with van der Waals surface area (Å²) < 4.78 is 0. The van der Waals surface area contributed by atoms with Gasteiger partial charge in [-0.2, -0.15) is 5.26 Å². The van der Waals surface area contributed by atoms with Crippen LogP contribution in [0.25, 0.3) is 0 Å². The maximum atomic E-state index is 11.7. The summed E-state index contributed by atoms with van der Waals surface area (Å²) in [7, 11) is 0. The van der Waals surface area contributed by atoms with Gasteiger partial charge in [0.2, 0.25) is 0 Å². The van der Waals surface area contributed by atoms with E-state index >= 15 is 0 Å². The summed E-state index contributed by atoms with van der Waals surface area (Å²) in [4.78, 5) is 20.2. The Morgan fingerprint density at radius 3 is 2.71 bits per heavy atom. The van der Waals surface area contributed by atoms with Gasteiger partial charge in [-0.3, -0.25) is 5.43 Å². The van der Waals surface area contributed by atoms with Gasteiger partial charge in [-0.1, -0.05) is 30.9 Å². The Morgan fingerprint density at radius 1 is 1.32 bits per heavy atom. The predicted octanol–water partition coefficient (Wildman–Crippen LogP) is 4.69. The third kappa shape index (κ3) is 4.81. The maximum Gasteiger partial charge on any atom is 0.426 e. The molecule has 2 aromatic rings. The normalized spacial score (nSPS) is 14.2. The van der Waals surface area contributed by atoms with E-state index in [1.54, 1.807) is 18.2 Å². The zero-order chi connectivity index (χ0) is 20.1. The number of amides is 1. The van der Waals surface area contributed by atoms with E-state index in [2.05, 4.69) is 20.7 Å². The molecule has 1 aliphatic rings. The monoisotopic (exact) mass is 400 g/mol. The van der Waals surface area contributed by atoms with Crippen molar-refractivity contribution in [1.82, 2.24) is 15.0 Å². The number of carbonyl (C=O) groups is 1. The smallest absolute Gasteiger partial charge is 0.426 e. The molecule has 0 atom stereocenters. The molecule has 0 aliphatic heterocycles. The van der Waals surface area contributed by atoms with Crippen molar-refractivity contribution in [3.8, 4) is 6.07 Å². The van der Waals surface area contributed by atoms with E-state index in [1.165, 1.54) is 11.2 Å². The van der Waals surface area contributed by atoms with E-state index in [9.17, 15) is 15.2 Å². The summed E-state index contributed by atoms with van der Waals surface area (Å²) >= 11 is 6.07. The molecular weight excluding hydrogens is 380 g/mol. The lowest BCUT2D eigenvalue weighted by Gasteiger charge is -2.32. The minimum atomic E-state index is -1.04. The molecule has 0 bridgehead atoms. The number of hydrogen-bond donors (Lipinski definition) is 3. The highest BCUT2D eigenvalue weighted by atomic mass is 35.5. The third-order valence-electron chi connectivity index (χ3n) is 4.57. The number of pyridine rings is 2. The number of halogens is 1. The van der Waals surface area contributed by atoms with Crippen LogP contribution >= 0.6 is 11.6 Å². The number of anilines is 3. The van der Waals surface area contributed by atoms with Gasteiger partial charge in [0.1, 0.15) is 11.9 Å². The SMILES string of the molecule is Cc1cc(Cl)cc(Nc2cc(NN(C(=O)O)C3CCCCC3)cnc2C#N)n1. The molecule has 1 amide bonds. The molecule has 28 heavy (non-hydrogen) atoms. The van der Waals surface area contributed by atoms with Crippen molar-refractivity contribution in [2.75, 3.05) is 10.7 Å². The molecule has 0 radical (unpaired) electrons. The minimum Gasteiger partial charge on any atom is -0.464 e. The van der Waals surface area contributed by atoms with E-state index in [4.69, 9.17) is 11.6 Å². The molecule has 9 heteroatoms. The Bertz CT molecular complexity index is 888. The molecule has 0 spiro atoms. The number of nitrogens with zero attached hydrogens (tertiary/aromatic N) is 4. The predicted molar refractivity (Wildman–Crippen MR) is 107 cm³/mol. The average molecular weight is 401 g/mol. The van der Waals surface area contributed by atoms with Crippen LogP contribution in [0.2, 0.25) is 5.02 Å². The van der Waals surface area contributed by atoms with E-state index in [0.717, 1.165) is 37.8 Å². The van der Waals surface area contributed by atoms with Crippen molar-refractivity contribution in [3.05, 3.63) is 40.8 Å². The molecule has 1 aliphatic carbocycles. The number of nitriles is 1. The quantitative estimate of drug-likeness (QED) is 0.623. The molecule has 0 unspecified atom stereocenters. The fraction of sp³-hybridized carbons (Fsp3) is 0.368. The van der Waals surface area contributed by atoms with Gasteiger partial charge >= 0.3 is 6.09 Å². The Labute approximate surface area is 168 Å². The van der Waals surface area contributed by atoms with Crippen LogP contribution < -0.4 is 10.7 Å². The summed E-state index contributed by atoms with van der Waals surface area (Å²) in [6.07, 6.45) is 5.18. The molecule has 3 rings (SSSR count). The third-order valence-corrected chi connectivity index (χ3v) is 4.79. The molecule has 0 aromatic carbocycles. The van der Waals surface area contributed by atoms with Crippen LogP contribution in [-0.4, -0.2) is 32.2 Å². The van der Waals surface area contributed by atoms with Crippen LogP contribution in [-0.2, 0) is 0 Å². The topological polar surface area (TPSA) is 114 Å². The van der Waals surface area contributed by atoms with Crippen molar-refractivity contribution in [2.45, 2.75) is 45.1 Å². The van der Waals surface area contributed by atoms with Crippen molar-refractivity contribution >= 4 is 34.9 Å². The second-order valence-corrected chi connectivity index (χ2v) is 7.16. The molecule has 2 aromatic heterocycles. The Balaban J connectivity index is 1.85. The van der Waals surface area contributed by atoms with Gasteiger partial charge in [0.25, 0.3) is 0 Å². The number of rotatable bonds is 5. The van der Waals surface area contributed by atoms with E-state index in [1.807, 2.05) is 13.0 Å². The number of carboxylic acid groups (broad SMARTS) is 1. The van der Waals surface area contributed by atoms with Crippen LogP contribution in [0.4, 0.5) is 22.0 Å². The number of hydrogen-bond acceptors (Lipinski definition) is 6. The first-order chi connectivity index (χ1) is 13.5. The van der Waals surface area contributed by atoms with Crippen molar-refractivity contribution in [2.24, 2.45) is 0 Å². The fourth-order valence-electron chi connectivity index (χ4n) is 3.31. The highest BCUT2D eigenvalue weighted by Gasteiger charge is 2.25. The second kappa shape index (κ2) is 8.76. The van der Waals surface area contributed by atoms with Gasteiger partial charge in [0.15, 0.2) is 5.69 Å². The molecule has 146 valence electrons. The lowest BCUT2D eigenvalue weighted by molar-refractivity contribution is 0.126. The Hall–Kier alpha value is -3.05. The van der Waals surface area contributed by atoms with Crippen molar-refractivity contribution in [1.29, 1.82) is 5.26 Å². The van der Waals surface area contributed by atoms with Crippen LogP contribution in [0.5, 0.6) is 0 Å². The first-order valence-electron chi connectivity index (χ1n) is 9.06. The van der Waals surface area contributed by atoms with Crippen LogP contribution in [0.15, 0.2) is 24.4 Å². The van der Waals surface area contributed by atoms with Gasteiger partial charge < -0.3 is 10.4 Å². The van der Waals surface area contributed by atoms with Gasteiger partial charge in [-0.25, -0.2) is 19.8 Å². The average Bonchev–Trinajstić information content (AvgIpc) is 2.66. The minimum absolute atomic E-state index is 0.0875. The molecule has 1 saturated carbocycles. The summed E-state index contributed by atoms with van der Waals surface area (Å²) in [6.45, 7) is 1.81. The van der Waals surface area contributed by atoms with E-state index in [0.29, 0.717) is 22.2 Å². The lowest BCUT2D eigenvalue weighted by atomic mass is 9.95.